The molecule has 1 heterocycles. The molecule has 0 saturated carbocycles. The Bertz CT molecular complexity index is 796. The molecule has 0 amide bonds. The lowest BCUT2D eigenvalue weighted by atomic mass is 9.97. The summed E-state index contributed by atoms with van der Waals surface area (Å²) in [6.07, 6.45) is 9.82. The topological polar surface area (TPSA) is 73.1 Å². The third-order valence-corrected chi connectivity index (χ3v) is 5.19. The van der Waals surface area contributed by atoms with Gasteiger partial charge in [-0.3, -0.25) is 0 Å². The molecule has 138 valence electrons. The van der Waals surface area contributed by atoms with E-state index in [4.69, 9.17) is 22.1 Å². The molecule has 0 atom stereocenters. The number of rotatable bonds is 6. The molecule has 2 aromatic rings. The molecule has 0 bridgehead atoms. The highest BCUT2D eigenvalue weighted by Gasteiger charge is 2.12. The third kappa shape index (κ3) is 4.47. The number of halogens is 1. The van der Waals surface area contributed by atoms with Gasteiger partial charge in [0, 0.05) is 11.6 Å². The fraction of sp³-hybridized carbons (Fsp3) is 0.400. The Hall–Kier alpha value is -2.27. The van der Waals surface area contributed by atoms with Gasteiger partial charge in [-0.2, -0.15) is 4.98 Å². The summed E-state index contributed by atoms with van der Waals surface area (Å²) in [5.74, 6) is 1.61. The molecule has 0 spiro atoms. The average molecular weight is 373 g/mol. The predicted molar refractivity (Wildman–Crippen MR) is 107 cm³/mol. The highest BCUT2D eigenvalue weighted by molar-refractivity contribution is 6.32. The van der Waals surface area contributed by atoms with Crippen molar-refractivity contribution in [1.82, 2.24) is 9.97 Å². The van der Waals surface area contributed by atoms with Crippen molar-refractivity contribution in [3.05, 3.63) is 46.3 Å². The first-order valence-electron chi connectivity index (χ1n) is 9.01. The zero-order chi connectivity index (χ0) is 18.5. The lowest BCUT2D eigenvalue weighted by Crippen LogP contribution is -2.09. The van der Waals surface area contributed by atoms with E-state index in [2.05, 4.69) is 21.4 Å². The van der Waals surface area contributed by atoms with Crippen LogP contribution in [0.1, 0.15) is 43.2 Å². The zero-order valence-electron chi connectivity index (χ0n) is 15.3. The van der Waals surface area contributed by atoms with E-state index in [-0.39, 0.29) is 0 Å². The SMILES string of the molecule is Cc1cc(Oc2ncnc(NCCC3=CCCCC3)c2N)cc(C)c1Cl. The van der Waals surface area contributed by atoms with Crippen molar-refractivity contribution in [3.63, 3.8) is 0 Å². The van der Waals surface area contributed by atoms with Gasteiger partial charge in [-0.15, -0.1) is 0 Å². The van der Waals surface area contributed by atoms with Gasteiger partial charge in [0.1, 0.15) is 17.8 Å². The Kier molecular flexibility index (Phi) is 5.99. The number of anilines is 2. The van der Waals surface area contributed by atoms with Crippen molar-refractivity contribution in [2.24, 2.45) is 0 Å². The fourth-order valence-electron chi connectivity index (χ4n) is 3.15. The molecular formula is C20H25ClN4O. The van der Waals surface area contributed by atoms with Gasteiger partial charge < -0.3 is 15.8 Å². The van der Waals surface area contributed by atoms with Crippen LogP contribution < -0.4 is 15.8 Å². The van der Waals surface area contributed by atoms with E-state index < -0.39 is 0 Å². The zero-order valence-corrected chi connectivity index (χ0v) is 16.1. The molecule has 0 radical (unpaired) electrons. The van der Waals surface area contributed by atoms with E-state index >= 15 is 0 Å². The molecule has 1 aliphatic rings. The molecule has 0 saturated heterocycles. The largest absolute Gasteiger partial charge is 0.437 e. The molecule has 3 rings (SSSR count). The maximum atomic E-state index is 6.21. The number of aryl methyl sites for hydroxylation is 2. The van der Waals surface area contributed by atoms with Crippen LogP contribution in [0.15, 0.2) is 30.1 Å². The van der Waals surface area contributed by atoms with Crippen molar-refractivity contribution in [2.75, 3.05) is 17.6 Å². The molecule has 6 heteroatoms. The second kappa shape index (κ2) is 8.41. The Labute approximate surface area is 159 Å². The first-order chi connectivity index (χ1) is 12.5. The average Bonchev–Trinajstić information content (AvgIpc) is 2.63. The van der Waals surface area contributed by atoms with Crippen molar-refractivity contribution in [3.8, 4) is 11.6 Å². The molecule has 0 aliphatic heterocycles. The third-order valence-electron chi connectivity index (χ3n) is 4.60. The molecule has 0 fully saturated rings. The normalized spacial score (nSPS) is 14.0. The maximum Gasteiger partial charge on any atom is 0.248 e. The number of hydrogen-bond acceptors (Lipinski definition) is 5. The highest BCUT2D eigenvalue weighted by atomic mass is 35.5. The number of ether oxygens (including phenoxy) is 1. The van der Waals surface area contributed by atoms with E-state index in [1.54, 1.807) is 0 Å². The Morgan fingerprint density at radius 2 is 1.96 bits per heavy atom. The summed E-state index contributed by atoms with van der Waals surface area (Å²) in [6, 6.07) is 3.75. The first-order valence-corrected chi connectivity index (χ1v) is 9.39. The lowest BCUT2D eigenvalue weighted by molar-refractivity contribution is 0.464. The van der Waals surface area contributed by atoms with Crippen LogP contribution in [0.2, 0.25) is 5.02 Å². The minimum Gasteiger partial charge on any atom is -0.437 e. The van der Waals surface area contributed by atoms with Crippen LogP contribution in [-0.4, -0.2) is 16.5 Å². The van der Waals surface area contributed by atoms with Crippen LogP contribution >= 0.6 is 11.6 Å². The van der Waals surface area contributed by atoms with Gasteiger partial charge in [-0.05, 0) is 69.2 Å². The summed E-state index contributed by atoms with van der Waals surface area (Å²) in [6.45, 7) is 4.68. The second-order valence-electron chi connectivity index (χ2n) is 6.70. The van der Waals surface area contributed by atoms with Gasteiger partial charge in [0.15, 0.2) is 5.82 Å². The van der Waals surface area contributed by atoms with Crippen molar-refractivity contribution >= 4 is 23.1 Å². The van der Waals surface area contributed by atoms with Gasteiger partial charge in [0.2, 0.25) is 5.88 Å². The van der Waals surface area contributed by atoms with Crippen LogP contribution in [0.25, 0.3) is 0 Å². The van der Waals surface area contributed by atoms with Gasteiger partial charge in [0.05, 0.1) is 0 Å². The van der Waals surface area contributed by atoms with E-state index in [0.29, 0.717) is 23.1 Å². The number of benzene rings is 1. The van der Waals surface area contributed by atoms with E-state index in [1.165, 1.54) is 37.6 Å². The molecule has 1 aromatic heterocycles. The van der Waals surface area contributed by atoms with Crippen LogP contribution in [0.5, 0.6) is 11.6 Å². The number of nitrogens with one attached hydrogen (secondary N) is 1. The molecule has 0 unspecified atom stereocenters. The molecule has 5 nitrogen and oxygen atoms in total. The summed E-state index contributed by atoms with van der Waals surface area (Å²) in [7, 11) is 0. The molecule has 1 aliphatic carbocycles. The quantitative estimate of drug-likeness (QED) is 0.662. The van der Waals surface area contributed by atoms with Crippen LogP contribution in [0, 0.1) is 13.8 Å². The lowest BCUT2D eigenvalue weighted by Gasteiger charge is -2.15. The summed E-state index contributed by atoms with van der Waals surface area (Å²) >= 11 is 6.21. The van der Waals surface area contributed by atoms with Crippen molar-refractivity contribution in [2.45, 2.75) is 46.0 Å². The molecular weight excluding hydrogens is 348 g/mol. The smallest absolute Gasteiger partial charge is 0.248 e. The molecule has 1 aromatic carbocycles. The summed E-state index contributed by atoms with van der Waals surface area (Å²) in [5.41, 5.74) is 10.0. The van der Waals surface area contributed by atoms with E-state index in [9.17, 15) is 0 Å². The molecule has 26 heavy (non-hydrogen) atoms. The van der Waals surface area contributed by atoms with Gasteiger partial charge in [-0.25, -0.2) is 4.98 Å². The predicted octanol–water partition coefficient (Wildman–Crippen LogP) is 5.42. The number of nitrogens with zero attached hydrogens (tertiary/aromatic N) is 2. The number of allylic oxidation sites excluding steroid dienone is 1. The van der Waals surface area contributed by atoms with Crippen molar-refractivity contribution < 1.29 is 4.74 Å². The Morgan fingerprint density at radius 1 is 1.19 bits per heavy atom. The number of nitrogen functional groups attached to an aromatic ring is 1. The van der Waals surface area contributed by atoms with E-state index in [0.717, 1.165) is 29.1 Å². The van der Waals surface area contributed by atoms with Gasteiger partial charge >= 0.3 is 0 Å². The standard InChI is InChI=1S/C20H25ClN4O/c1-13-10-16(11-14(2)17(13)21)26-20-18(22)19(24-12-25-20)23-9-8-15-6-4-3-5-7-15/h6,10-12H,3-5,7-9,22H2,1-2H3,(H,23,24,25). The van der Waals surface area contributed by atoms with Crippen LogP contribution in [0.4, 0.5) is 11.5 Å². The monoisotopic (exact) mass is 372 g/mol. The number of aromatic nitrogens is 2. The maximum absolute atomic E-state index is 6.21. The highest BCUT2D eigenvalue weighted by Crippen LogP contribution is 2.32. The van der Waals surface area contributed by atoms with Gasteiger partial charge in [0.25, 0.3) is 0 Å². The van der Waals surface area contributed by atoms with Crippen LogP contribution in [-0.2, 0) is 0 Å². The summed E-state index contributed by atoms with van der Waals surface area (Å²) < 4.78 is 5.88. The summed E-state index contributed by atoms with van der Waals surface area (Å²) in [4.78, 5) is 8.42. The Morgan fingerprint density at radius 3 is 2.65 bits per heavy atom. The minimum absolute atomic E-state index is 0.348. The Balaban J connectivity index is 1.68. The molecule has 3 N–H and O–H groups in total. The second-order valence-corrected chi connectivity index (χ2v) is 7.08. The number of nitrogens with two attached hydrogens (primary N) is 1. The van der Waals surface area contributed by atoms with Crippen molar-refractivity contribution in [1.29, 1.82) is 0 Å². The fourth-order valence-corrected chi connectivity index (χ4v) is 3.26. The minimum atomic E-state index is 0.348. The summed E-state index contributed by atoms with van der Waals surface area (Å²) in [5, 5.41) is 4.04. The number of hydrogen-bond donors (Lipinski definition) is 2. The van der Waals surface area contributed by atoms with Crippen LogP contribution in [0.3, 0.4) is 0 Å². The first kappa shape index (κ1) is 18.5. The van der Waals surface area contributed by atoms with Gasteiger partial charge in [-0.1, -0.05) is 23.3 Å². The van der Waals surface area contributed by atoms with E-state index in [1.807, 2.05) is 26.0 Å².